The smallest absolute Gasteiger partial charge is 0.265 e. The summed E-state index contributed by atoms with van der Waals surface area (Å²) < 4.78 is 6.29. The lowest BCUT2D eigenvalue weighted by Gasteiger charge is -2.27. The highest BCUT2D eigenvalue weighted by Gasteiger charge is 2.34. The predicted octanol–water partition coefficient (Wildman–Crippen LogP) is 4.80. The van der Waals surface area contributed by atoms with E-state index in [4.69, 9.17) is 4.74 Å². The lowest BCUT2D eigenvalue weighted by Crippen LogP contribution is -2.40. The number of carbonyl (C=O) groups excluding carboxylic acids is 2. The Balaban J connectivity index is 1.86. The molecule has 1 aliphatic rings. The van der Waals surface area contributed by atoms with E-state index in [0.29, 0.717) is 34.6 Å². The van der Waals surface area contributed by atoms with Crippen molar-refractivity contribution in [2.45, 2.75) is 6.92 Å². The van der Waals surface area contributed by atoms with Crippen LogP contribution >= 0.6 is 15.9 Å². The second-order valence-corrected chi connectivity index (χ2v) is 6.55. The highest BCUT2D eigenvalue weighted by atomic mass is 79.9. The minimum Gasteiger partial charge on any atom is -0.494 e. The van der Waals surface area contributed by atoms with Gasteiger partial charge in [0.2, 0.25) is 0 Å². The summed E-state index contributed by atoms with van der Waals surface area (Å²) in [6.07, 6.45) is 0. The number of carbonyl (C=O) groups is 2. The zero-order valence-corrected chi connectivity index (χ0v) is 15.0. The summed E-state index contributed by atoms with van der Waals surface area (Å²) in [7, 11) is 0. The molecule has 0 atom stereocenters. The molecule has 0 aromatic heterocycles. The van der Waals surface area contributed by atoms with Gasteiger partial charge in [0.25, 0.3) is 11.8 Å². The first-order valence-electron chi connectivity index (χ1n) is 7.94. The van der Waals surface area contributed by atoms with Gasteiger partial charge in [-0.15, -0.1) is 0 Å². The monoisotopic (exact) mass is 395 g/mol. The second-order valence-electron chi connectivity index (χ2n) is 5.70. The van der Waals surface area contributed by atoms with Crippen LogP contribution in [-0.4, -0.2) is 18.4 Å². The Morgan fingerprint density at radius 3 is 2.28 bits per heavy atom. The molecular weight excluding hydrogens is 382 g/mol. The maximum Gasteiger partial charge on any atom is 0.265 e. The van der Waals surface area contributed by atoms with E-state index in [2.05, 4.69) is 15.9 Å². The van der Waals surface area contributed by atoms with Crippen LogP contribution in [0.25, 0.3) is 10.8 Å². The fraction of sp³-hybridized carbons (Fsp3) is 0.100. The lowest BCUT2D eigenvalue weighted by molar-refractivity contribution is 0.0893. The normalized spacial score (nSPS) is 13.4. The van der Waals surface area contributed by atoms with E-state index in [-0.39, 0.29) is 11.8 Å². The number of amides is 2. The molecule has 0 unspecified atom stereocenters. The van der Waals surface area contributed by atoms with Gasteiger partial charge in [0, 0.05) is 21.0 Å². The molecule has 0 aliphatic carbocycles. The Morgan fingerprint density at radius 2 is 1.60 bits per heavy atom. The summed E-state index contributed by atoms with van der Waals surface area (Å²) in [4.78, 5) is 27.2. The van der Waals surface area contributed by atoms with Crippen LogP contribution in [0.5, 0.6) is 5.75 Å². The van der Waals surface area contributed by atoms with Crippen LogP contribution in [0.2, 0.25) is 0 Å². The zero-order chi connectivity index (χ0) is 17.6. The van der Waals surface area contributed by atoms with Crippen LogP contribution in [0.15, 0.2) is 59.1 Å². The first kappa shape index (κ1) is 15.8. The topological polar surface area (TPSA) is 46.6 Å². The van der Waals surface area contributed by atoms with Crippen LogP contribution in [0.4, 0.5) is 5.69 Å². The summed E-state index contributed by atoms with van der Waals surface area (Å²) >= 11 is 3.49. The van der Waals surface area contributed by atoms with E-state index in [1.54, 1.807) is 36.4 Å². The summed E-state index contributed by atoms with van der Waals surface area (Å²) in [5, 5.41) is 1.57. The number of anilines is 1. The van der Waals surface area contributed by atoms with Gasteiger partial charge in [-0.1, -0.05) is 28.1 Å². The molecule has 0 radical (unpaired) electrons. The zero-order valence-electron chi connectivity index (χ0n) is 13.5. The molecule has 4 nitrogen and oxygen atoms in total. The standard InChI is InChI=1S/C20H14BrNO3/c1-2-25-13-8-6-12(7-9-13)22-19(23)15-5-3-4-14-17(21)11-10-16(18(14)15)20(22)24/h3-11H,2H2,1H3. The quantitative estimate of drug-likeness (QED) is 0.598. The van der Waals surface area contributed by atoms with E-state index >= 15 is 0 Å². The van der Waals surface area contributed by atoms with Crippen molar-refractivity contribution in [2.75, 3.05) is 11.5 Å². The molecule has 0 saturated heterocycles. The van der Waals surface area contributed by atoms with Gasteiger partial charge in [-0.25, -0.2) is 4.90 Å². The van der Waals surface area contributed by atoms with E-state index in [0.717, 1.165) is 9.86 Å². The van der Waals surface area contributed by atoms with Crippen molar-refractivity contribution in [2.24, 2.45) is 0 Å². The molecule has 1 heterocycles. The van der Waals surface area contributed by atoms with Crippen LogP contribution < -0.4 is 9.64 Å². The van der Waals surface area contributed by atoms with Gasteiger partial charge in [-0.2, -0.15) is 0 Å². The predicted molar refractivity (Wildman–Crippen MR) is 100 cm³/mol. The Hall–Kier alpha value is -2.66. The lowest BCUT2D eigenvalue weighted by atomic mass is 9.94. The Morgan fingerprint density at radius 1 is 0.920 bits per heavy atom. The fourth-order valence-corrected chi connectivity index (χ4v) is 3.62. The molecule has 4 rings (SSSR count). The fourth-order valence-electron chi connectivity index (χ4n) is 3.15. The summed E-state index contributed by atoms with van der Waals surface area (Å²) in [6.45, 7) is 2.46. The minimum absolute atomic E-state index is 0.314. The molecule has 124 valence electrons. The summed E-state index contributed by atoms with van der Waals surface area (Å²) in [5.41, 5.74) is 1.59. The average molecular weight is 396 g/mol. The number of halogens is 1. The summed E-state index contributed by atoms with van der Waals surface area (Å²) in [6, 6.07) is 16.1. The van der Waals surface area contributed by atoms with Gasteiger partial charge in [0.15, 0.2) is 0 Å². The maximum absolute atomic E-state index is 13.0. The number of hydrogen-bond donors (Lipinski definition) is 0. The van der Waals surface area contributed by atoms with Crippen molar-refractivity contribution in [3.63, 3.8) is 0 Å². The molecule has 0 spiro atoms. The Labute approximate surface area is 153 Å². The van der Waals surface area contributed by atoms with Crippen molar-refractivity contribution in [3.05, 3.63) is 70.2 Å². The average Bonchev–Trinajstić information content (AvgIpc) is 2.62. The molecule has 5 heteroatoms. The Kier molecular flexibility index (Phi) is 3.81. The van der Waals surface area contributed by atoms with Crippen molar-refractivity contribution in [3.8, 4) is 5.75 Å². The Bertz CT molecular complexity index is 989. The van der Waals surface area contributed by atoms with E-state index in [1.165, 1.54) is 4.90 Å². The van der Waals surface area contributed by atoms with Gasteiger partial charge in [0.1, 0.15) is 5.75 Å². The van der Waals surface area contributed by atoms with Gasteiger partial charge in [0.05, 0.1) is 12.3 Å². The third-order valence-electron chi connectivity index (χ3n) is 4.26. The molecular formula is C20H14BrNO3. The van der Waals surface area contributed by atoms with Crippen molar-refractivity contribution < 1.29 is 14.3 Å². The molecule has 3 aromatic rings. The molecule has 1 aliphatic heterocycles. The number of ether oxygens (including phenoxy) is 1. The van der Waals surface area contributed by atoms with Crippen LogP contribution in [0, 0.1) is 0 Å². The molecule has 0 bridgehead atoms. The van der Waals surface area contributed by atoms with E-state index in [1.807, 2.05) is 25.1 Å². The highest BCUT2D eigenvalue weighted by Crippen LogP contribution is 2.36. The minimum atomic E-state index is -0.314. The molecule has 0 N–H and O–H groups in total. The molecule has 2 amide bonds. The first-order valence-corrected chi connectivity index (χ1v) is 8.74. The summed E-state index contributed by atoms with van der Waals surface area (Å²) in [5.74, 6) is 0.0744. The third-order valence-corrected chi connectivity index (χ3v) is 4.95. The number of nitrogens with zero attached hydrogens (tertiary/aromatic N) is 1. The van der Waals surface area contributed by atoms with Crippen LogP contribution in [0.1, 0.15) is 27.6 Å². The molecule has 3 aromatic carbocycles. The van der Waals surface area contributed by atoms with Gasteiger partial charge >= 0.3 is 0 Å². The van der Waals surface area contributed by atoms with Gasteiger partial charge < -0.3 is 4.74 Å². The number of hydrogen-bond acceptors (Lipinski definition) is 3. The highest BCUT2D eigenvalue weighted by molar-refractivity contribution is 9.10. The number of benzene rings is 3. The number of imide groups is 1. The largest absolute Gasteiger partial charge is 0.494 e. The van der Waals surface area contributed by atoms with Crippen LogP contribution in [-0.2, 0) is 0 Å². The number of rotatable bonds is 3. The molecule has 0 saturated carbocycles. The van der Waals surface area contributed by atoms with Crippen molar-refractivity contribution in [1.82, 2.24) is 0 Å². The van der Waals surface area contributed by atoms with Crippen molar-refractivity contribution >= 4 is 44.2 Å². The molecule has 25 heavy (non-hydrogen) atoms. The van der Waals surface area contributed by atoms with Gasteiger partial charge in [-0.05, 0) is 54.8 Å². The van der Waals surface area contributed by atoms with Gasteiger partial charge in [-0.3, -0.25) is 9.59 Å². The maximum atomic E-state index is 13.0. The molecule has 0 fully saturated rings. The first-order chi connectivity index (χ1) is 12.1. The SMILES string of the molecule is CCOc1ccc(N2C(=O)c3cccc4c(Br)ccc(c34)C2=O)cc1. The van der Waals surface area contributed by atoms with E-state index < -0.39 is 0 Å². The third kappa shape index (κ3) is 2.43. The van der Waals surface area contributed by atoms with Crippen LogP contribution in [0.3, 0.4) is 0 Å². The second kappa shape index (κ2) is 6.01. The van der Waals surface area contributed by atoms with E-state index in [9.17, 15) is 9.59 Å². The van der Waals surface area contributed by atoms with Crippen molar-refractivity contribution in [1.29, 1.82) is 0 Å².